The quantitative estimate of drug-likeness (QED) is 0.687. The first-order chi connectivity index (χ1) is 9.41. The number of halogens is 1. The van der Waals surface area contributed by atoms with Gasteiger partial charge < -0.3 is 10.1 Å². The second-order valence-electron chi connectivity index (χ2n) is 5.09. The number of carbonyl (C=O) groups is 1. The number of non-ortho nitro benzene ring substituents is 1. The van der Waals surface area contributed by atoms with Gasteiger partial charge in [0.05, 0.1) is 27.7 Å². The fourth-order valence-corrected chi connectivity index (χ4v) is 2.44. The lowest BCUT2D eigenvalue weighted by atomic mass is 9.94. The number of nitro groups is 1. The number of rotatable bonds is 3. The summed E-state index contributed by atoms with van der Waals surface area (Å²) in [5.41, 5.74) is -0.344. The highest BCUT2D eigenvalue weighted by atomic mass is 35.5. The van der Waals surface area contributed by atoms with E-state index in [0.29, 0.717) is 13.2 Å². The first-order valence-electron chi connectivity index (χ1n) is 6.25. The van der Waals surface area contributed by atoms with Crippen LogP contribution in [0.4, 0.5) is 5.69 Å². The molecule has 1 aromatic rings. The fourth-order valence-electron chi connectivity index (χ4n) is 2.18. The highest BCUT2D eigenvalue weighted by Gasteiger charge is 2.30. The lowest BCUT2D eigenvalue weighted by Crippen LogP contribution is -2.51. The Morgan fingerprint density at radius 1 is 1.55 bits per heavy atom. The molecule has 0 aliphatic carbocycles. The third-order valence-corrected chi connectivity index (χ3v) is 3.57. The van der Waals surface area contributed by atoms with Gasteiger partial charge in [0, 0.05) is 18.7 Å². The number of carbonyl (C=O) groups excluding carboxylic acids is 1. The summed E-state index contributed by atoms with van der Waals surface area (Å²) in [4.78, 5) is 22.3. The van der Waals surface area contributed by atoms with Crippen LogP contribution in [0.1, 0.15) is 30.1 Å². The van der Waals surface area contributed by atoms with Crippen LogP contribution in [0.25, 0.3) is 0 Å². The van der Waals surface area contributed by atoms with Crippen LogP contribution in [0.5, 0.6) is 0 Å². The number of amides is 1. The fraction of sp³-hybridized carbons (Fsp3) is 0.462. The molecule has 1 unspecified atom stereocenters. The molecule has 7 heteroatoms. The Morgan fingerprint density at radius 2 is 2.30 bits per heavy atom. The topological polar surface area (TPSA) is 81.5 Å². The maximum Gasteiger partial charge on any atom is 0.270 e. The average Bonchev–Trinajstić information content (AvgIpc) is 2.38. The van der Waals surface area contributed by atoms with E-state index in [1.807, 2.05) is 6.92 Å². The maximum absolute atomic E-state index is 12.2. The zero-order valence-corrected chi connectivity index (χ0v) is 11.8. The second kappa shape index (κ2) is 5.76. The van der Waals surface area contributed by atoms with Crippen molar-refractivity contribution in [3.05, 3.63) is 38.9 Å². The summed E-state index contributed by atoms with van der Waals surface area (Å²) in [5.74, 6) is -0.349. The minimum Gasteiger partial charge on any atom is -0.379 e. The first-order valence-corrected chi connectivity index (χ1v) is 6.63. The number of benzene rings is 1. The monoisotopic (exact) mass is 298 g/mol. The molecule has 0 spiro atoms. The number of hydrogen-bond donors (Lipinski definition) is 1. The second-order valence-corrected chi connectivity index (χ2v) is 5.50. The van der Waals surface area contributed by atoms with Crippen LogP contribution < -0.4 is 5.32 Å². The van der Waals surface area contributed by atoms with Gasteiger partial charge in [0.25, 0.3) is 11.6 Å². The van der Waals surface area contributed by atoms with Crippen molar-refractivity contribution in [3.8, 4) is 0 Å². The van der Waals surface area contributed by atoms with Crippen LogP contribution in [-0.2, 0) is 4.74 Å². The van der Waals surface area contributed by atoms with E-state index in [1.54, 1.807) is 0 Å². The van der Waals surface area contributed by atoms with E-state index in [2.05, 4.69) is 5.32 Å². The molecule has 20 heavy (non-hydrogen) atoms. The van der Waals surface area contributed by atoms with Crippen molar-refractivity contribution in [3.63, 3.8) is 0 Å². The molecule has 2 rings (SSSR count). The summed E-state index contributed by atoms with van der Waals surface area (Å²) in [6.45, 7) is 3.05. The summed E-state index contributed by atoms with van der Waals surface area (Å²) in [6.07, 6.45) is 1.70. The van der Waals surface area contributed by atoms with Crippen molar-refractivity contribution in [1.82, 2.24) is 5.32 Å². The Balaban J connectivity index is 2.15. The molecule has 1 aliphatic heterocycles. The van der Waals surface area contributed by atoms with Crippen LogP contribution in [0.2, 0.25) is 5.02 Å². The molecule has 1 atom stereocenters. The predicted octanol–water partition coefficient (Wildman–Crippen LogP) is 2.55. The smallest absolute Gasteiger partial charge is 0.270 e. The van der Waals surface area contributed by atoms with Crippen molar-refractivity contribution in [1.29, 1.82) is 0 Å². The van der Waals surface area contributed by atoms with E-state index in [0.717, 1.165) is 12.8 Å². The predicted molar refractivity (Wildman–Crippen MR) is 74.0 cm³/mol. The van der Waals surface area contributed by atoms with Crippen molar-refractivity contribution >= 4 is 23.2 Å². The Bertz CT molecular complexity index is 541. The average molecular weight is 299 g/mol. The van der Waals surface area contributed by atoms with Crippen LogP contribution in [0, 0.1) is 10.1 Å². The number of hydrogen-bond acceptors (Lipinski definition) is 4. The number of nitro benzene ring substituents is 1. The van der Waals surface area contributed by atoms with Gasteiger partial charge in [-0.3, -0.25) is 14.9 Å². The summed E-state index contributed by atoms with van der Waals surface area (Å²) in [5, 5.41) is 13.6. The molecular formula is C13H15ClN2O4. The molecule has 0 bridgehead atoms. The number of nitrogens with one attached hydrogen (secondary N) is 1. The number of nitrogens with zero attached hydrogens (tertiary/aromatic N) is 1. The molecule has 1 amide bonds. The Hall–Kier alpha value is -1.66. The normalized spacial score (nSPS) is 22.3. The molecular weight excluding hydrogens is 284 g/mol. The van der Waals surface area contributed by atoms with Crippen molar-refractivity contribution < 1.29 is 14.5 Å². The summed E-state index contributed by atoms with van der Waals surface area (Å²) >= 11 is 5.93. The van der Waals surface area contributed by atoms with E-state index >= 15 is 0 Å². The van der Waals surface area contributed by atoms with E-state index in [4.69, 9.17) is 16.3 Å². The Kier molecular flexibility index (Phi) is 4.25. The minimum atomic E-state index is -0.552. The third kappa shape index (κ3) is 3.26. The molecule has 1 aromatic carbocycles. The van der Waals surface area contributed by atoms with Gasteiger partial charge >= 0.3 is 0 Å². The molecule has 6 nitrogen and oxygen atoms in total. The van der Waals surface area contributed by atoms with Crippen LogP contribution >= 0.6 is 11.6 Å². The van der Waals surface area contributed by atoms with E-state index in [-0.39, 0.29) is 22.2 Å². The zero-order valence-electron chi connectivity index (χ0n) is 11.0. The van der Waals surface area contributed by atoms with Gasteiger partial charge in [-0.25, -0.2) is 0 Å². The van der Waals surface area contributed by atoms with E-state index in [1.165, 1.54) is 18.2 Å². The molecule has 0 radical (unpaired) electrons. The summed E-state index contributed by atoms with van der Waals surface area (Å²) < 4.78 is 5.37. The molecule has 1 heterocycles. The molecule has 1 fully saturated rings. The SMILES string of the molecule is CC1(NC(=O)c2ccc([N+](=O)[O-])cc2Cl)CCCOC1. The van der Waals surface area contributed by atoms with Gasteiger partial charge in [0.15, 0.2) is 0 Å². The van der Waals surface area contributed by atoms with Gasteiger partial charge in [0.2, 0.25) is 0 Å². The van der Waals surface area contributed by atoms with Crippen molar-refractivity contribution in [2.75, 3.05) is 13.2 Å². The molecule has 1 saturated heterocycles. The van der Waals surface area contributed by atoms with E-state index in [9.17, 15) is 14.9 Å². The Labute approximate surface area is 121 Å². The lowest BCUT2D eigenvalue weighted by Gasteiger charge is -2.34. The van der Waals surface area contributed by atoms with Crippen LogP contribution in [-0.4, -0.2) is 29.6 Å². The Morgan fingerprint density at radius 3 is 2.85 bits per heavy atom. The van der Waals surface area contributed by atoms with Gasteiger partial charge in [-0.2, -0.15) is 0 Å². The van der Waals surface area contributed by atoms with Crippen LogP contribution in [0.15, 0.2) is 18.2 Å². The molecule has 0 aromatic heterocycles. The highest BCUT2D eigenvalue weighted by Crippen LogP contribution is 2.24. The van der Waals surface area contributed by atoms with Gasteiger partial charge in [0.1, 0.15) is 0 Å². The highest BCUT2D eigenvalue weighted by molar-refractivity contribution is 6.34. The summed E-state index contributed by atoms with van der Waals surface area (Å²) in [6, 6.07) is 3.81. The van der Waals surface area contributed by atoms with Crippen molar-refractivity contribution in [2.45, 2.75) is 25.3 Å². The van der Waals surface area contributed by atoms with Crippen molar-refractivity contribution in [2.24, 2.45) is 0 Å². The zero-order chi connectivity index (χ0) is 14.8. The maximum atomic E-state index is 12.2. The largest absolute Gasteiger partial charge is 0.379 e. The van der Waals surface area contributed by atoms with Crippen LogP contribution in [0.3, 0.4) is 0 Å². The molecule has 1 aliphatic rings. The lowest BCUT2D eigenvalue weighted by molar-refractivity contribution is -0.384. The van der Waals surface area contributed by atoms with Gasteiger partial charge in [-0.1, -0.05) is 11.6 Å². The molecule has 108 valence electrons. The molecule has 1 N–H and O–H groups in total. The van der Waals surface area contributed by atoms with Gasteiger partial charge in [-0.15, -0.1) is 0 Å². The minimum absolute atomic E-state index is 0.0667. The first kappa shape index (κ1) is 14.7. The third-order valence-electron chi connectivity index (χ3n) is 3.26. The number of ether oxygens (including phenoxy) is 1. The standard InChI is InChI=1S/C13H15ClN2O4/c1-13(5-2-6-20-8-13)15-12(17)10-4-3-9(16(18)19)7-11(10)14/h3-4,7H,2,5-6,8H2,1H3,(H,15,17). The summed E-state index contributed by atoms with van der Waals surface area (Å²) in [7, 11) is 0. The van der Waals surface area contributed by atoms with Gasteiger partial charge in [-0.05, 0) is 25.8 Å². The molecule has 0 saturated carbocycles. The van der Waals surface area contributed by atoms with E-state index < -0.39 is 10.5 Å².